The SMILES string of the molecule is CN1CC=C(C2NC=C(Br)C=C2N2C(=O)c3ccccc3C2=O)CC1. The van der Waals surface area contributed by atoms with Gasteiger partial charge in [0.05, 0.1) is 22.9 Å². The van der Waals surface area contributed by atoms with Gasteiger partial charge < -0.3 is 10.2 Å². The van der Waals surface area contributed by atoms with Crippen LogP contribution >= 0.6 is 15.9 Å². The molecule has 3 heterocycles. The molecule has 1 N–H and O–H groups in total. The maximum absolute atomic E-state index is 12.9. The molecule has 0 radical (unpaired) electrons. The van der Waals surface area contributed by atoms with Gasteiger partial charge in [-0.25, -0.2) is 4.90 Å². The van der Waals surface area contributed by atoms with Gasteiger partial charge in [0.15, 0.2) is 0 Å². The van der Waals surface area contributed by atoms with E-state index in [1.165, 1.54) is 10.5 Å². The molecule has 5 nitrogen and oxygen atoms in total. The van der Waals surface area contributed by atoms with Crippen LogP contribution in [0.4, 0.5) is 0 Å². The van der Waals surface area contributed by atoms with Crippen molar-refractivity contribution in [1.82, 2.24) is 15.1 Å². The normalized spacial score (nSPS) is 23.7. The lowest BCUT2D eigenvalue weighted by Crippen LogP contribution is -2.43. The second-order valence-corrected chi connectivity index (χ2v) is 7.40. The Bertz CT molecular complexity index is 821. The molecule has 3 aliphatic rings. The van der Waals surface area contributed by atoms with E-state index in [1.54, 1.807) is 24.3 Å². The van der Waals surface area contributed by atoms with Gasteiger partial charge in [-0.1, -0.05) is 18.2 Å². The van der Waals surface area contributed by atoms with Crippen molar-refractivity contribution in [3.8, 4) is 0 Å². The zero-order chi connectivity index (χ0) is 17.6. The molecule has 0 fully saturated rings. The van der Waals surface area contributed by atoms with Crippen LogP contribution in [0.15, 0.2) is 58.4 Å². The molecule has 2 amide bonds. The minimum atomic E-state index is -0.255. The fourth-order valence-corrected chi connectivity index (χ4v) is 3.84. The van der Waals surface area contributed by atoms with Gasteiger partial charge >= 0.3 is 0 Å². The van der Waals surface area contributed by atoms with E-state index in [0.29, 0.717) is 16.8 Å². The molecule has 0 saturated heterocycles. The Morgan fingerprint density at radius 1 is 1.16 bits per heavy atom. The molecule has 0 bridgehead atoms. The van der Waals surface area contributed by atoms with Crippen molar-refractivity contribution >= 4 is 27.7 Å². The van der Waals surface area contributed by atoms with Crippen LogP contribution in [0.5, 0.6) is 0 Å². The number of dihydropyridines is 1. The molecule has 6 heteroatoms. The van der Waals surface area contributed by atoms with Gasteiger partial charge in [-0.05, 0) is 53.2 Å². The molecule has 1 aromatic rings. The number of halogens is 1. The first kappa shape index (κ1) is 16.3. The molecule has 1 atom stereocenters. The Kier molecular flexibility index (Phi) is 4.09. The zero-order valence-electron chi connectivity index (χ0n) is 13.8. The summed E-state index contributed by atoms with van der Waals surface area (Å²) in [5, 5.41) is 3.34. The number of carbonyl (C=O) groups is 2. The monoisotopic (exact) mass is 399 g/mol. The highest BCUT2D eigenvalue weighted by Crippen LogP contribution is 2.33. The Balaban J connectivity index is 1.73. The van der Waals surface area contributed by atoms with Crippen molar-refractivity contribution in [2.24, 2.45) is 0 Å². The van der Waals surface area contributed by atoms with Gasteiger partial charge in [-0.2, -0.15) is 0 Å². The number of benzene rings is 1. The Labute approximate surface area is 154 Å². The van der Waals surface area contributed by atoms with Crippen molar-refractivity contribution in [2.45, 2.75) is 12.5 Å². The van der Waals surface area contributed by atoms with Crippen molar-refractivity contribution in [2.75, 3.05) is 20.1 Å². The molecule has 25 heavy (non-hydrogen) atoms. The van der Waals surface area contributed by atoms with Gasteiger partial charge in [0.2, 0.25) is 0 Å². The van der Waals surface area contributed by atoms with Gasteiger partial charge in [-0.3, -0.25) is 9.59 Å². The van der Waals surface area contributed by atoms with Crippen LogP contribution in [0.3, 0.4) is 0 Å². The molecule has 4 rings (SSSR count). The van der Waals surface area contributed by atoms with Crippen LogP contribution in [0.1, 0.15) is 27.1 Å². The fraction of sp³-hybridized carbons (Fsp3) is 0.263. The zero-order valence-corrected chi connectivity index (χ0v) is 15.4. The minimum Gasteiger partial charge on any atom is -0.378 e. The van der Waals surface area contributed by atoms with E-state index in [4.69, 9.17) is 0 Å². The summed E-state index contributed by atoms with van der Waals surface area (Å²) in [5.41, 5.74) is 2.82. The number of allylic oxidation sites excluding steroid dienone is 2. The van der Waals surface area contributed by atoms with Gasteiger partial charge in [-0.15, -0.1) is 0 Å². The van der Waals surface area contributed by atoms with Crippen LogP contribution < -0.4 is 5.32 Å². The standard InChI is InChI=1S/C19H18BrN3O2/c1-22-8-6-12(7-9-22)17-16(10-13(20)11-21-17)23-18(24)14-4-2-3-5-15(14)19(23)25/h2-6,10-11,17,21H,7-9H2,1H3. The summed E-state index contributed by atoms with van der Waals surface area (Å²) in [6, 6.07) is 6.82. The Hall–Kier alpha value is -2.18. The number of nitrogens with zero attached hydrogens (tertiary/aromatic N) is 2. The highest BCUT2D eigenvalue weighted by Gasteiger charge is 2.41. The smallest absolute Gasteiger partial charge is 0.265 e. The fourth-order valence-electron chi connectivity index (χ4n) is 3.48. The molecule has 0 aromatic heterocycles. The van der Waals surface area contributed by atoms with E-state index >= 15 is 0 Å². The average molecular weight is 400 g/mol. The maximum atomic E-state index is 12.9. The largest absolute Gasteiger partial charge is 0.378 e. The quantitative estimate of drug-likeness (QED) is 0.613. The lowest BCUT2D eigenvalue weighted by molar-refractivity contribution is 0.0695. The van der Waals surface area contributed by atoms with E-state index in [9.17, 15) is 9.59 Å². The topological polar surface area (TPSA) is 52.6 Å². The third-order valence-corrected chi connectivity index (χ3v) is 5.30. The average Bonchev–Trinajstić information content (AvgIpc) is 2.87. The molecule has 128 valence electrons. The molecule has 0 aliphatic carbocycles. The van der Waals surface area contributed by atoms with E-state index < -0.39 is 0 Å². The molecule has 3 aliphatic heterocycles. The summed E-state index contributed by atoms with van der Waals surface area (Å²) in [5.74, 6) is -0.510. The number of hydrogen-bond donors (Lipinski definition) is 1. The Morgan fingerprint density at radius 3 is 2.44 bits per heavy atom. The number of fused-ring (bicyclic) bond motifs is 1. The maximum Gasteiger partial charge on any atom is 0.265 e. The van der Waals surface area contributed by atoms with Crippen LogP contribution in [0.25, 0.3) is 0 Å². The third kappa shape index (κ3) is 2.75. The van der Waals surface area contributed by atoms with E-state index in [2.05, 4.69) is 39.3 Å². The molecular formula is C19H18BrN3O2. The summed E-state index contributed by atoms with van der Waals surface area (Å²) < 4.78 is 0.809. The number of nitrogens with one attached hydrogen (secondary N) is 1. The summed E-state index contributed by atoms with van der Waals surface area (Å²) in [6.07, 6.45) is 6.81. The Morgan fingerprint density at radius 2 is 1.84 bits per heavy atom. The molecule has 1 aromatic carbocycles. The van der Waals surface area contributed by atoms with Crippen molar-refractivity contribution in [3.63, 3.8) is 0 Å². The molecular weight excluding hydrogens is 382 g/mol. The summed E-state index contributed by atoms with van der Waals surface area (Å²) in [4.78, 5) is 29.3. The van der Waals surface area contributed by atoms with Crippen LogP contribution in [0.2, 0.25) is 0 Å². The lowest BCUT2D eigenvalue weighted by atomic mass is 9.95. The number of amides is 2. The van der Waals surface area contributed by atoms with E-state index in [1.807, 2.05) is 12.3 Å². The highest BCUT2D eigenvalue weighted by atomic mass is 79.9. The van der Waals surface area contributed by atoms with Crippen LogP contribution in [-0.4, -0.2) is 47.8 Å². The number of rotatable bonds is 2. The number of hydrogen-bond acceptors (Lipinski definition) is 4. The predicted molar refractivity (Wildman–Crippen MR) is 99.2 cm³/mol. The second kappa shape index (κ2) is 6.28. The highest BCUT2D eigenvalue weighted by molar-refractivity contribution is 9.11. The second-order valence-electron chi connectivity index (χ2n) is 6.48. The lowest BCUT2D eigenvalue weighted by Gasteiger charge is -2.34. The summed E-state index contributed by atoms with van der Waals surface area (Å²) in [6.45, 7) is 1.83. The van der Waals surface area contributed by atoms with Crippen LogP contribution in [-0.2, 0) is 0 Å². The first-order valence-corrected chi connectivity index (χ1v) is 9.04. The van der Waals surface area contributed by atoms with Gasteiger partial charge in [0.25, 0.3) is 11.8 Å². The minimum absolute atomic E-state index is 0.169. The van der Waals surface area contributed by atoms with Crippen LogP contribution in [0, 0.1) is 0 Å². The van der Waals surface area contributed by atoms with Gasteiger partial charge in [0.1, 0.15) is 0 Å². The predicted octanol–water partition coefficient (Wildman–Crippen LogP) is 2.64. The number of carbonyl (C=O) groups excluding carboxylic acids is 2. The molecule has 1 unspecified atom stereocenters. The molecule has 0 spiro atoms. The molecule has 0 saturated carbocycles. The summed E-state index contributed by atoms with van der Waals surface area (Å²) >= 11 is 3.46. The van der Waals surface area contributed by atoms with Gasteiger partial charge in [0, 0.05) is 23.8 Å². The van der Waals surface area contributed by atoms with Crippen molar-refractivity contribution < 1.29 is 9.59 Å². The van der Waals surface area contributed by atoms with E-state index in [-0.39, 0.29) is 17.9 Å². The number of imide groups is 1. The van der Waals surface area contributed by atoms with E-state index in [0.717, 1.165) is 24.0 Å². The third-order valence-electron chi connectivity index (χ3n) is 4.84. The first-order valence-electron chi connectivity index (χ1n) is 8.25. The number of likely N-dealkylation sites (N-methyl/N-ethyl adjacent to an activating group) is 1. The summed E-state index contributed by atoms with van der Waals surface area (Å²) in [7, 11) is 2.08. The first-order chi connectivity index (χ1) is 12.1. The van der Waals surface area contributed by atoms with Crippen molar-refractivity contribution in [1.29, 1.82) is 0 Å². The van der Waals surface area contributed by atoms with Crippen molar-refractivity contribution in [3.05, 3.63) is 69.5 Å².